The van der Waals surface area contributed by atoms with E-state index in [1.54, 1.807) is 12.1 Å². The zero-order valence-electron chi connectivity index (χ0n) is 22.5. The smallest absolute Gasteiger partial charge is 0.141 e. The first kappa shape index (κ1) is 24.9. The molecular formula is C38H22N4. The molecule has 5 aromatic carbocycles. The lowest BCUT2D eigenvalue weighted by atomic mass is 9.85. The van der Waals surface area contributed by atoms with Crippen LogP contribution < -0.4 is 0 Å². The van der Waals surface area contributed by atoms with Crippen LogP contribution in [-0.4, -0.2) is 9.97 Å². The third-order valence-electron chi connectivity index (χ3n) is 7.60. The van der Waals surface area contributed by atoms with Crippen LogP contribution in [0.15, 0.2) is 133 Å². The van der Waals surface area contributed by atoms with Gasteiger partial charge in [-0.3, -0.25) is 0 Å². The van der Waals surface area contributed by atoms with Crippen LogP contribution in [0.2, 0.25) is 0 Å². The number of hydrogen-bond acceptors (Lipinski definition) is 4. The Balaban J connectivity index is 1.38. The monoisotopic (exact) mass is 534 g/mol. The Morgan fingerprint density at radius 2 is 0.690 bits per heavy atom. The molecule has 0 fully saturated rings. The van der Waals surface area contributed by atoms with E-state index in [1.807, 2.05) is 24.3 Å². The first-order chi connectivity index (χ1) is 20.7. The van der Waals surface area contributed by atoms with Crippen LogP contribution in [0.4, 0.5) is 0 Å². The van der Waals surface area contributed by atoms with Gasteiger partial charge in [-0.1, -0.05) is 109 Å². The molecule has 2 aromatic heterocycles. The fourth-order valence-electron chi connectivity index (χ4n) is 5.68. The van der Waals surface area contributed by atoms with E-state index in [9.17, 15) is 10.5 Å². The summed E-state index contributed by atoms with van der Waals surface area (Å²) < 4.78 is 0. The second kappa shape index (κ2) is 10.5. The maximum absolute atomic E-state index is 9.27. The molecular weight excluding hydrogens is 512 g/mol. The van der Waals surface area contributed by atoms with Gasteiger partial charge in [0.25, 0.3) is 0 Å². The van der Waals surface area contributed by atoms with E-state index in [1.165, 1.54) is 32.7 Å². The highest BCUT2D eigenvalue weighted by Crippen LogP contribution is 2.44. The maximum atomic E-state index is 9.27. The van der Waals surface area contributed by atoms with Gasteiger partial charge in [0.2, 0.25) is 0 Å². The second-order valence-corrected chi connectivity index (χ2v) is 10.0. The highest BCUT2D eigenvalue weighted by atomic mass is 14.7. The Kier molecular flexibility index (Phi) is 6.21. The molecule has 7 aromatic rings. The van der Waals surface area contributed by atoms with Crippen LogP contribution in [0, 0.1) is 22.7 Å². The number of rotatable bonds is 4. The summed E-state index contributed by atoms with van der Waals surface area (Å²) in [4.78, 5) is 8.93. The van der Waals surface area contributed by atoms with E-state index >= 15 is 0 Å². The molecule has 0 saturated heterocycles. The molecule has 0 amide bonds. The van der Waals surface area contributed by atoms with Gasteiger partial charge in [0.05, 0.1) is 11.4 Å². The summed E-state index contributed by atoms with van der Waals surface area (Å²) in [6.45, 7) is 0. The molecule has 7 rings (SSSR count). The first-order valence-corrected chi connectivity index (χ1v) is 13.6. The van der Waals surface area contributed by atoms with Gasteiger partial charge in [-0.15, -0.1) is 0 Å². The topological polar surface area (TPSA) is 73.4 Å². The maximum Gasteiger partial charge on any atom is 0.141 e. The summed E-state index contributed by atoms with van der Waals surface area (Å²) in [7, 11) is 0. The molecule has 0 radical (unpaired) electrons. The Bertz CT molecular complexity index is 1980. The highest BCUT2D eigenvalue weighted by molar-refractivity contribution is 6.21. The van der Waals surface area contributed by atoms with Crippen LogP contribution in [0.25, 0.3) is 66.3 Å². The summed E-state index contributed by atoms with van der Waals surface area (Å²) in [6, 6.07) is 49.2. The lowest BCUT2D eigenvalue weighted by Gasteiger charge is -2.18. The molecule has 0 spiro atoms. The average molecular weight is 535 g/mol. The number of aromatic nitrogens is 2. The minimum Gasteiger partial charge on any atom is -0.237 e. The molecule has 0 N–H and O–H groups in total. The summed E-state index contributed by atoms with van der Waals surface area (Å²) in [5.41, 5.74) is 8.92. The SMILES string of the molecule is N#Cc1cccc(-c2ccc(-c3c4ccccc4c(-c4ccc(-c5cccc(C#N)n5)cc4)c4ccccc34)cc2)n1. The predicted molar refractivity (Wildman–Crippen MR) is 168 cm³/mol. The average Bonchev–Trinajstić information content (AvgIpc) is 3.07. The highest BCUT2D eigenvalue weighted by Gasteiger charge is 2.17. The van der Waals surface area contributed by atoms with E-state index in [2.05, 4.69) is 119 Å². The van der Waals surface area contributed by atoms with E-state index in [4.69, 9.17) is 0 Å². The fraction of sp³-hybridized carbons (Fsp3) is 0. The Hall–Kier alpha value is -6.10. The summed E-state index contributed by atoms with van der Waals surface area (Å²) in [5, 5.41) is 23.2. The quantitative estimate of drug-likeness (QED) is 0.211. The molecule has 0 unspecified atom stereocenters. The number of nitrogens with zero attached hydrogens (tertiary/aromatic N) is 4. The van der Waals surface area contributed by atoms with Gasteiger partial charge in [-0.05, 0) is 68.1 Å². The number of benzene rings is 5. The minimum absolute atomic E-state index is 0.407. The van der Waals surface area contributed by atoms with Crippen molar-refractivity contribution in [2.75, 3.05) is 0 Å². The van der Waals surface area contributed by atoms with Gasteiger partial charge in [-0.2, -0.15) is 10.5 Å². The van der Waals surface area contributed by atoms with Crippen molar-refractivity contribution in [1.82, 2.24) is 9.97 Å². The minimum atomic E-state index is 0.407. The summed E-state index contributed by atoms with van der Waals surface area (Å²) in [5.74, 6) is 0. The molecule has 194 valence electrons. The zero-order chi connectivity index (χ0) is 28.5. The van der Waals surface area contributed by atoms with E-state index < -0.39 is 0 Å². The second-order valence-electron chi connectivity index (χ2n) is 10.0. The standard InChI is InChI=1S/C38H22N4/c39-23-29-7-5-13-35(41-29)25-15-19-27(20-16-25)37-31-9-1-2-10-32(31)38(34-12-4-3-11-33(34)37)28-21-17-26(18-22-28)36-14-6-8-30(24-40)42-36/h1-22H. The molecule has 42 heavy (non-hydrogen) atoms. The van der Waals surface area contributed by atoms with Gasteiger partial charge >= 0.3 is 0 Å². The predicted octanol–water partition coefficient (Wildman–Crippen LogP) is 9.19. The molecule has 0 saturated carbocycles. The number of fused-ring (bicyclic) bond motifs is 2. The van der Waals surface area contributed by atoms with Gasteiger partial charge in [-0.25, -0.2) is 9.97 Å². The van der Waals surface area contributed by atoms with Crippen LogP contribution >= 0.6 is 0 Å². The van der Waals surface area contributed by atoms with Gasteiger partial charge in [0.1, 0.15) is 23.5 Å². The van der Waals surface area contributed by atoms with Gasteiger partial charge in [0.15, 0.2) is 0 Å². The van der Waals surface area contributed by atoms with Crippen molar-refractivity contribution >= 4 is 21.5 Å². The molecule has 0 aliphatic carbocycles. The summed E-state index contributed by atoms with van der Waals surface area (Å²) in [6.07, 6.45) is 0. The van der Waals surface area contributed by atoms with E-state index in [0.717, 1.165) is 33.6 Å². The van der Waals surface area contributed by atoms with Crippen molar-refractivity contribution in [3.8, 4) is 56.9 Å². The third-order valence-corrected chi connectivity index (χ3v) is 7.60. The number of hydrogen-bond donors (Lipinski definition) is 0. The van der Waals surface area contributed by atoms with Crippen molar-refractivity contribution in [2.24, 2.45) is 0 Å². The lowest BCUT2D eigenvalue weighted by molar-refractivity contribution is 1.27. The first-order valence-electron chi connectivity index (χ1n) is 13.6. The van der Waals surface area contributed by atoms with Crippen LogP contribution in [-0.2, 0) is 0 Å². The molecule has 4 nitrogen and oxygen atoms in total. The molecule has 0 aliphatic rings. The number of nitriles is 2. The van der Waals surface area contributed by atoms with Crippen molar-refractivity contribution in [3.05, 3.63) is 145 Å². The van der Waals surface area contributed by atoms with Crippen molar-refractivity contribution < 1.29 is 0 Å². The van der Waals surface area contributed by atoms with Crippen LogP contribution in [0.5, 0.6) is 0 Å². The lowest BCUT2D eigenvalue weighted by Crippen LogP contribution is -1.92. The molecule has 0 aliphatic heterocycles. The molecule has 0 bridgehead atoms. The molecule has 0 atom stereocenters. The molecule has 2 heterocycles. The zero-order valence-corrected chi connectivity index (χ0v) is 22.5. The Morgan fingerprint density at radius 1 is 0.357 bits per heavy atom. The normalized spacial score (nSPS) is 10.8. The number of pyridine rings is 2. The van der Waals surface area contributed by atoms with Crippen LogP contribution in [0.3, 0.4) is 0 Å². The van der Waals surface area contributed by atoms with E-state index in [-0.39, 0.29) is 0 Å². The van der Waals surface area contributed by atoms with Crippen LogP contribution in [0.1, 0.15) is 11.4 Å². The van der Waals surface area contributed by atoms with Gasteiger partial charge in [0, 0.05) is 11.1 Å². The largest absolute Gasteiger partial charge is 0.237 e. The summed E-state index contributed by atoms with van der Waals surface area (Å²) >= 11 is 0. The Labute approximate surface area is 243 Å². The van der Waals surface area contributed by atoms with E-state index in [0.29, 0.717) is 11.4 Å². The van der Waals surface area contributed by atoms with Crippen molar-refractivity contribution in [1.29, 1.82) is 10.5 Å². The fourth-order valence-corrected chi connectivity index (χ4v) is 5.68. The van der Waals surface area contributed by atoms with Crippen molar-refractivity contribution in [3.63, 3.8) is 0 Å². The molecule has 4 heteroatoms. The van der Waals surface area contributed by atoms with Crippen molar-refractivity contribution in [2.45, 2.75) is 0 Å². The Morgan fingerprint density at radius 3 is 1.02 bits per heavy atom. The third kappa shape index (κ3) is 4.34. The van der Waals surface area contributed by atoms with Gasteiger partial charge < -0.3 is 0 Å².